The fourth-order valence-electron chi connectivity index (χ4n) is 3.86. The first-order chi connectivity index (χ1) is 14.7. The van der Waals surface area contributed by atoms with E-state index in [0.717, 1.165) is 22.5 Å². The largest absolute Gasteiger partial charge is 0.465 e. The van der Waals surface area contributed by atoms with Crippen molar-refractivity contribution in [1.82, 2.24) is 23.1 Å². The zero-order valence-corrected chi connectivity index (χ0v) is 18.3. The van der Waals surface area contributed by atoms with Crippen LogP contribution in [0.5, 0.6) is 0 Å². The Bertz CT molecular complexity index is 1430. The maximum atomic E-state index is 13.4. The summed E-state index contributed by atoms with van der Waals surface area (Å²) in [6.45, 7) is 7.88. The Hall–Kier alpha value is -3.62. The van der Waals surface area contributed by atoms with Gasteiger partial charge in [0.1, 0.15) is 6.54 Å². The lowest BCUT2D eigenvalue weighted by atomic mass is 10.1. The Kier molecular flexibility index (Phi) is 5.04. The Morgan fingerprint density at radius 1 is 1.03 bits per heavy atom. The van der Waals surface area contributed by atoms with Gasteiger partial charge in [-0.3, -0.25) is 23.1 Å². The molecule has 0 fully saturated rings. The van der Waals surface area contributed by atoms with Gasteiger partial charge in [0.25, 0.3) is 5.56 Å². The van der Waals surface area contributed by atoms with E-state index >= 15 is 0 Å². The summed E-state index contributed by atoms with van der Waals surface area (Å²) in [5.74, 6) is 0.0408. The third-order valence-electron chi connectivity index (χ3n) is 5.68. The molecule has 9 heteroatoms. The van der Waals surface area contributed by atoms with Crippen LogP contribution in [0.15, 0.2) is 33.9 Å². The fourth-order valence-corrected chi connectivity index (χ4v) is 3.86. The van der Waals surface area contributed by atoms with Gasteiger partial charge in [-0.05, 0) is 33.3 Å². The number of hydrogen-bond donors (Lipinski definition) is 0. The molecule has 4 rings (SSSR count). The molecule has 0 atom stereocenters. The molecule has 0 aliphatic heterocycles. The monoisotopic (exact) mass is 423 g/mol. The number of benzene rings is 1. The van der Waals surface area contributed by atoms with Crippen molar-refractivity contribution in [2.45, 2.75) is 40.8 Å². The number of hydrogen-bond acceptors (Lipinski definition) is 5. The average Bonchev–Trinajstić information content (AvgIpc) is 3.23. The highest BCUT2D eigenvalue weighted by Crippen LogP contribution is 2.20. The van der Waals surface area contributed by atoms with Crippen LogP contribution in [0.3, 0.4) is 0 Å². The van der Waals surface area contributed by atoms with Crippen molar-refractivity contribution in [2.24, 2.45) is 7.05 Å². The van der Waals surface area contributed by atoms with Crippen molar-refractivity contribution in [1.29, 1.82) is 0 Å². The summed E-state index contributed by atoms with van der Waals surface area (Å²) in [5.41, 5.74) is 3.28. The van der Waals surface area contributed by atoms with Crippen LogP contribution in [0.25, 0.3) is 16.9 Å². The van der Waals surface area contributed by atoms with Crippen LogP contribution in [0.2, 0.25) is 0 Å². The molecular formula is C22H25N5O4. The lowest BCUT2D eigenvalue weighted by Crippen LogP contribution is -2.39. The molecule has 0 spiro atoms. The zero-order chi connectivity index (χ0) is 22.4. The molecule has 3 aromatic heterocycles. The first-order valence-corrected chi connectivity index (χ1v) is 10.1. The van der Waals surface area contributed by atoms with Crippen molar-refractivity contribution in [3.8, 4) is 0 Å². The van der Waals surface area contributed by atoms with Gasteiger partial charge in [-0.2, -0.15) is 4.98 Å². The molecule has 162 valence electrons. The molecule has 0 aliphatic rings. The normalized spacial score (nSPS) is 11.5. The second-order valence-corrected chi connectivity index (χ2v) is 7.70. The smallest absolute Gasteiger partial charge is 0.332 e. The van der Waals surface area contributed by atoms with Crippen LogP contribution in [0.1, 0.15) is 29.4 Å². The SMILES string of the molecule is CCOC(=O)Cn1c(C)c(C)n2c3c(=O)n(Cc4ccc(C)cc4)c(=O)n(C)c3nc12. The standard InChI is InChI=1S/C22H25N5O4/c1-6-31-17(28)12-25-14(3)15(4)27-18-19(23-21(25)27)24(5)22(30)26(20(18)29)11-16-9-7-13(2)8-10-16/h7-10H,6,11-12H2,1-5H3. The highest BCUT2D eigenvalue weighted by atomic mass is 16.5. The summed E-state index contributed by atoms with van der Waals surface area (Å²) in [6.07, 6.45) is 0. The number of esters is 1. The Morgan fingerprint density at radius 2 is 1.71 bits per heavy atom. The third kappa shape index (κ3) is 3.26. The highest BCUT2D eigenvalue weighted by molar-refractivity contribution is 5.77. The van der Waals surface area contributed by atoms with E-state index in [1.807, 2.05) is 45.0 Å². The molecule has 0 N–H and O–H groups in total. The van der Waals surface area contributed by atoms with E-state index in [1.54, 1.807) is 22.9 Å². The number of aryl methyl sites for hydroxylation is 3. The van der Waals surface area contributed by atoms with Crippen molar-refractivity contribution < 1.29 is 9.53 Å². The second kappa shape index (κ2) is 7.57. The minimum absolute atomic E-state index is 0.0220. The molecule has 0 bridgehead atoms. The summed E-state index contributed by atoms with van der Waals surface area (Å²) in [6, 6.07) is 7.71. The van der Waals surface area contributed by atoms with Crippen LogP contribution in [-0.4, -0.2) is 35.7 Å². The van der Waals surface area contributed by atoms with Crippen molar-refractivity contribution in [3.63, 3.8) is 0 Å². The van der Waals surface area contributed by atoms with Crippen molar-refractivity contribution in [3.05, 3.63) is 67.6 Å². The number of carbonyl (C=O) groups is 1. The fraction of sp³-hybridized carbons (Fsp3) is 0.364. The van der Waals surface area contributed by atoms with E-state index in [4.69, 9.17) is 4.74 Å². The van der Waals surface area contributed by atoms with E-state index in [2.05, 4.69) is 4.98 Å². The third-order valence-corrected chi connectivity index (χ3v) is 5.68. The average molecular weight is 423 g/mol. The Labute approximate surface area is 178 Å². The minimum atomic E-state index is -0.440. The molecule has 9 nitrogen and oxygen atoms in total. The highest BCUT2D eigenvalue weighted by Gasteiger charge is 2.23. The lowest BCUT2D eigenvalue weighted by Gasteiger charge is -2.09. The van der Waals surface area contributed by atoms with E-state index in [1.165, 1.54) is 9.13 Å². The molecule has 4 aromatic rings. The van der Waals surface area contributed by atoms with Crippen LogP contribution >= 0.6 is 0 Å². The number of aromatic nitrogens is 5. The summed E-state index contributed by atoms with van der Waals surface area (Å²) in [4.78, 5) is 43.1. The molecule has 0 radical (unpaired) electrons. The zero-order valence-electron chi connectivity index (χ0n) is 18.3. The van der Waals surface area contributed by atoms with E-state index in [-0.39, 0.29) is 31.3 Å². The van der Waals surface area contributed by atoms with Gasteiger partial charge in [0.05, 0.1) is 13.2 Å². The number of carbonyl (C=O) groups excluding carboxylic acids is 1. The minimum Gasteiger partial charge on any atom is -0.465 e. The predicted octanol–water partition coefficient (Wildman–Crippen LogP) is 1.69. The Morgan fingerprint density at radius 3 is 2.35 bits per heavy atom. The topological polar surface area (TPSA) is 92.5 Å². The van der Waals surface area contributed by atoms with Gasteiger partial charge < -0.3 is 9.30 Å². The second-order valence-electron chi connectivity index (χ2n) is 7.70. The van der Waals surface area contributed by atoms with Gasteiger partial charge in [-0.25, -0.2) is 4.79 Å². The summed E-state index contributed by atoms with van der Waals surface area (Å²) >= 11 is 0. The summed E-state index contributed by atoms with van der Waals surface area (Å²) < 4.78 is 11.1. The first-order valence-electron chi connectivity index (χ1n) is 10.1. The molecule has 0 saturated carbocycles. The van der Waals surface area contributed by atoms with Gasteiger partial charge >= 0.3 is 11.7 Å². The molecule has 3 heterocycles. The molecule has 0 unspecified atom stereocenters. The van der Waals surface area contributed by atoms with Crippen LogP contribution in [0, 0.1) is 20.8 Å². The molecule has 1 aromatic carbocycles. The van der Waals surface area contributed by atoms with Crippen LogP contribution in [-0.2, 0) is 29.7 Å². The first kappa shape index (κ1) is 20.6. The van der Waals surface area contributed by atoms with Crippen LogP contribution in [0.4, 0.5) is 0 Å². The molecular weight excluding hydrogens is 398 g/mol. The number of ether oxygens (including phenoxy) is 1. The van der Waals surface area contributed by atoms with Crippen molar-refractivity contribution in [2.75, 3.05) is 6.61 Å². The number of fused-ring (bicyclic) bond motifs is 3. The number of imidazole rings is 2. The summed E-state index contributed by atoms with van der Waals surface area (Å²) in [5, 5.41) is 0. The maximum Gasteiger partial charge on any atom is 0.332 e. The Balaban J connectivity index is 1.97. The predicted molar refractivity (Wildman–Crippen MR) is 117 cm³/mol. The van der Waals surface area contributed by atoms with Crippen molar-refractivity contribution >= 4 is 22.9 Å². The van der Waals surface area contributed by atoms with Crippen LogP contribution < -0.4 is 11.2 Å². The number of rotatable bonds is 5. The molecule has 0 saturated heterocycles. The van der Waals surface area contributed by atoms with Gasteiger partial charge in [-0.1, -0.05) is 29.8 Å². The molecule has 31 heavy (non-hydrogen) atoms. The van der Waals surface area contributed by atoms with E-state index in [0.29, 0.717) is 11.3 Å². The lowest BCUT2D eigenvalue weighted by molar-refractivity contribution is -0.143. The van der Waals surface area contributed by atoms with Gasteiger partial charge in [0.2, 0.25) is 5.78 Å². The quantitative estimate of drug-likeness (QED) is 0.456. The molecule has 0 aliphatic carbocycles. The maximum absolute atomic E-state index is 13.4. The number of nitrogens with zero attached hydrogens (tertiary/aromatic N) is 5. The van der Waals surface area contributed by atoms with E-state index in [9.17, 15) is 14.4 Å². The molecule has 0 amide bonds. The van der Waals surface area contributed by atoms with E-state index < -0.39 is 11.2 Å². The van der Waals surface area contributed by atoms with Gasteiger partial charge in [0.15, 0.2) is 11.2 Å². The van der Waals surface area contributed by atoms with Gasteiger partial charge in [0, 0.05) is 18.4 Å². The summed E-state index contributed by atoms with van der Waals surface area (Å²) in [7, 11) is 1.60. The van der Waals surface area contributed by atoms with Gasteiger partial charge in [-0.15, -0.1) is 0 Å².